The van der Waals surface area contributed by atoms with Gasteiger partial charge in [-0.05, 0) is 12.1 Å². The predicted octanol–water partition coefficient (Wildman–Crippen LogP) is 1.14. The summed E-state index contributed by atoms with van der Waals surface area (Å²) >= 11 is 0. The van der Waals surface area contributed by atoms with E-state index in [1.165, 1.54) is 18.2 Å². The maximum atomic E-state index is 10.6. The van der Waals surface area contributed by atoms with Crippen molar-refractivity contribution in [3.63, 3.8) is 0 Å². The normalized spacial score (nSPS) is 10.1. The first-order valence-corrected chi connectivity index (χ1v) is 4.52. The highest BCUT2D eigenvalue weighted by molar-refractivity contribution is 5.82. The average molecular weight is 230 g/mol. The van der Waals surface area contributed by atoms with Crippen LogP contribution in [-0.4, -0.2) is 14.9 Å². The molecule has 0 amide bonds. The molecule has 2 aromatic rings. The molecule has 2 rings (SSSR count). The molecule has 2 N–H and O–H groups in total. The number of hydrogen-bond acceptors (Lipinski definition) is 5. The number of benzene rings is 1. The van der Waals surface area contributed by atoms with Crippen molar-refractivity contribution in [1.29, 1.82) is 10.7 Å². The van der Waals surface area contributed by atoms with Gasteiger partial charge in [-0.1, -0.05) is 0 Å². The van der Waals surface area contributed by atoms with E-state index in [0.717, 1.165) is 6.07 Å². The molecule has 0 aliphatic rings. The molecule has 0 saturated carbocycles. The highest BCUT2D eigenvalue weighted by atomic mass is 16.6. The molecule has 0 unspecified atom stereocenters. The van der Waals surface area contributed by atoms with Crippen LogP contribution in [0.1, 0.15) is 5.56 Å². The topological polar surface area (TPSA) is 116 Å². The van der Waals surface area contributed by atoms with Crippen LogP contribution in [0.3, 0.4) is 0 Å². The number of pyridine rings is 1. The van der Waals surface area contributed by atoms with Crippen LogP contribution in [0.5, 0.6) is 0 Å². The number of aromatic nitrogens is 1. The van der Waals surface area contributed by atoms with E-state index in [-0.39, 0.29) is 16.8 Å². The highest BCUT2D eigenvalue weighted by Gasteiger charge is 2.11. The molecule has 7 heteroatoms. The van der Waals surface area contributed by atoms with E-state index in [1.807, 2.05) is 0 Å². The van der Waals surface area contributed by atoms with Crippen molar-refractivity contribution in [2.24, 2.45) is 0 Å². The lowest BCUT2D eigenvalue weighted by molar-refractivity contribution is -0.384. The Kier molecular flexibility index (Phi) is 2.25. The third-order valence-corrected chi connectivity index (χ3v) is 2.34. The van der Waals surface area contributed by atoms with Crippen LogP contribution in [0, 0.1) is 26.9 Å². The van der Waals surface area contributed by atoms with E-state index >= 15 is 0 Å². The number of nitrogens with one attached hydrogen (secondary N) is 1. The van der Waals surface area contributed by atoms with Crippen LogP contribution in [0.15, 0.2) is 24.3 Å². The van der Waals surface area contributed by atoms with Crippen molar-refractivity contribution in [3.8, 4) is 6.07 Å². The van der Waals surface area contributed by atoms with Gasteiger partial charge in [0.2, 0.25) is 0 Å². The Morgan fingerprint density at radius 3 is 2.76 bits per heavy atom. The monoisotopic (exact) mass is 230 g/mol. The minimum Gasteiger partial charge on any atom is -0.426 e. The Bertz CT molecular complexity index is 727. The number of hydrogen-bond donors (Lipinski definition) is 2. The first-order chi connectivity index (χ1) is 8.04. The summed E-state index contributed by atoms with van der Waals surface area (Å²) in [6.45, 7) is 0. The van der Waals surface area contributed by atoms with Gasteiger partial charge in [0.25, 0.3) is 5.69 Å². The molecule has 0 aliphatic heterocycles. The van der Waals surface area contributed by atoms with E-state index < -0.39 is 10.4 Å². The van der Waals surface area contributed by atoms with Gasteiger partial charge in [0.05, 0.1) is 16.0 Å². The lowest BCUT2D eigenvalue weighted by Gasteiger charge is -2.04. The Labute approximate surface area is 94.4 Å². The molecule has 0 radical (unpaired) electrons. The second-order valence-electron chi connectivity index (χ2n) is 3.33. The van der Waals surface area contributed by atoms with Crippen LogP contribution >= 0.6 is 0 Å². The molecule has 1 aromatic carbocycles. The van der Waals surface area contributed by atoms with Gasteiger partial charge >= 0.3 is 0 Å². The zero-order valence-corrected chi connectivity index (χ0v) is 8.41. The summed E-state index contributed by atoms with van der Waals surface area (Å²) in [5, 5.41) is 36.9. The zero-order valence-electron chi connectivity index (χ0n) is 8.41. The smallest absolute Gasteiger partial charge is 0.271 e. The lowest BCUT2D eigenvalue weighted by atomic mass is 10.1. The molecule has 0 bridgehead atoms. The number of non-ortho nitro benzene ring substituents is 1. The summed E-state index contributed by atoms with van der Waals surface area (Å²) in [4.78, 5) is 9.98. The van der Waals surface area contributed by atoms with Gasteiger partial charge in [0.1, 0.15) is 6.07 Å². The maximum absolute atomic E-state index is 10.6. The summed E-state index contributed by atoms with van der Waals surface area (Å²) in [7, 11) is 0. The van der Waals surface area contributed by atoms with Crippen molar-refractivity contribution in [2.75, 3.05) is 0 Å². The van der Waals surface area contributed by atoms with Gasteiger partial charge in [-0.2, -0.15) is 9.99 Å². The van der Waals surface area contributed by atoms with Crippen LogP contribution in [-0.2, 0) is 0 Å². The van der Waals surface area contributed by atoms with Gasteiger partial charge in [-0.25, -0.2) is 0 Å². The molecule has 0 aliphatic carbocycles. The summed E-state index contributed by atoms with van der Waals surface area (Å²) < 4.78 is 0.459. The molecule has 17 heavy (non-hydrogen) atoms. The predicted molar refractivity (Wildman–Crippen MR) is 56.3 cm³/mol. The minimum atomic E-state index is -0.596. The quantitative estimate of drug-likeness (QED) is 0.434. The standard InChI is InChI=1S/C10H6N4O3/c11-5-7-3-6-1-2-8(14(16)17)4-9(6)13(15)10(7)12/h1-4,12,15H. The Hall–Kier alpha value is -2.88. The molecular weight excluding hydrogens is 224 g/mol. The third kappa shape index (κ3) is 1.57. The van der Waals surface area contributed by atoms with E-state index in [0.29, 0.717) is 10.1 Å². The summed E-state index contributed by atoms with van der Waals surface area (Å²) in [6.07, 6.45) is 0. The van der Waals surface area contributed by atoms with Crippen LogP contribution < -0.4 is 5.49 Å². The number of fused-ring (bicyclic) bond motifs is 1. The molecule has 0 atom stereocenters. The van der Waals surface area contributed by atoms with Gasteiger partial charge in [0, 0.05) is 17.5 Å². The highest BCUT2D eigenvalue weighted by Crippen LogP contribution is 2.19. The van der Waals surface area contributed by atoms with Crippen molar-refractivity contribution in [1.82, 2.24) is 4.73 Å². The number of nitro groups is 1. The lowest BCUT2D eigenvalue weighted by Crippen LogP contribution is -2.20. The van der Waals surface area contributed by atoms with E-state index in [1.54, 1.807) is 6.07 Å². The number of nitro benzene ring substituents is 1. The Morgan fingerprint density at radius 2 is 2.18 bits per heavy atom. The van der Waals surface area contributed by atoms with Crippen LogP contribution in [0.2, 0.25) is 0 Å². The number of nitriles is 1. The second-order valence-corrected chi connectivity index (χ2v) is 3.33. The first-order valence-electron chi connectivity index (χ1n) is 4.52. The minimum absolute atomic E-state index is 0.00569. The fourth-order valence-corrected chi connectivity index (χ4v) is 1.49. The van der Waals surface area contributed by atoms with Crippen LogP contribution in [0.25, 0.3) is 10.9 Å². The number of nitrogens with zero attached hydrogens (tertiary/aromatic N) is 3. The SMILES string of the molecule is N#Cc1cc2ccc([N+](=O)[O-])cc2n(O)c1=N. The van der Waals surface area contributed by atoms with Crippen molar-refractivity contribution < 1.29 is 10.1 Å². The Morgan fingerprint density at radius 1 is 1.47 bits per heavy atom. The summed E-state index contributed by atoms with van der Waals surface area (Å²) in [5.41, 5.74) is -0.484. The fraction of sp³-hybridized carbons (Fsp3) is 0. The molecule has 84 valence electrons. The maximum Gasteiger partial charge on any atom is 0.271 e. The van der Waals surface area contributed by atoms with Crippen molar-refractivity contribution in [3.05, 3.63) is 45.4 Å². The molecule has 1 heterocycles. The summed E-state index contributed by atoms with van der Waals surface area (Å²) in [6, 6.07) is 7.00. The first kappa shape index (κ1) is 10.6. The molecule has 0 saturated heterocycles. The van der Waals surface area contributed by atoms with Gasteiger partial charge in [-0.3, -0.25) is 15.5 Å². The van der Waals surface area contributed by atoms with Crippen molar-refractivity contribution >= 4 is 16.6 Å². The van der Waals surface area contributed by atoms with E-state index in [4.69, 9.17) is 10.7 Å². The molecule has 0 fully saturated rings. The summed E-state index contributed by atoms with van der Waals surface area (Å²) in [5.74, 6) is 0. The molecular formula is C10H6N4O3. The number of rotatable bonds is 1. The van der Waals surface area contributed by atoms with Crippen LogP contribution in [0.4, 0.5) is 5.69 Å². The molecule has 1 aromatic heterocycles. The average Bonchev–Trinajstić information content (AvgIpc) is 2.33. The van der Waals surface area contributed by atoms with E-state index in [2.05, 4.69) is 0 Å². The van der Waals surface area contributed by atoms with Gasteiger partial charge < -0.3 is 5.21 Å². The fourth-order valence-electron chi connectivity index (χ4n) is 1.49. The van der Waals surface area contributed by atoms with Gasteiger partial charge in [0.15, 0.2) is 5.49 Å². The molecule has 0 spiro atoms. The van der Waals surface area contributed by atoms with E-state index in [9.17, 15) is 15.3 Å². The zero-order chi connectivity index (χ0) is 12.6. The van der Waals surface area contributed by atoms with Gasteiger partial charge in [-0.15, -0.1) is 0 Å². The second kappa shape index (κ2) is 3.61. The third-order valence-electron chi connectivity index (χ3n) is 2.34. The Balaban J connectivity index is 2.89. The van der Waals surface area contributed by atoms with Crippen molar-refractivity contribution in [2.45, 2.75) is 0 Å². The largest absolute Gasteiger partial charge is 0.426 e. The molecule has 7 nitrogen and oxygen atoms in total.